The molecule has 0 bridgehead atoms. The molecule has 0 saturated heterocycles. The summed E-state index contributed by atoms with van der Waals surface area (Å²) < 4.78 is 18.1. The quantitative estimate of drug-likeness (QED) is 0.494. The topological polar surface area (TPSA) is 73.7 Å². The molecular weight excluding hydrogens is 364 g/mol. The highest BCUT2D eigenvalue weighted by Crippen LogP contribution is 2.27. The Morgan fingerprint density at radius 3 is 2.74 bits per heavy atom. The number of nitrogens with zero attached hydrogens (tertiary/aromatic N) is 3. The zero-order valence-corrected chi connectivity index (χ0v) is 16.1. The van der Waals surface area contributed by atoms with E-state index < -0.39 is 0 Å². The highest BCUT2D eigenvalue weighted by atomic mass is 32.1. The van der Waals surface area contributed by atoms with Crippen LogP contribution in [0.5, 0.6) is 17.2 Å². The second-order valence-electron chi connectivity index (χ2n) is 5.48. The van der Waals surface area contributed by atoms with Crippen LogP contribution in [0.2, 0.25) is 0 Å². The fourth-order valence-electron chi connectivity index (χ4n) is 2.51. The number of rotatable bonds is 7. The molecule has 0 amide bonds. The first-order valence-corrected chi connectivity index (χ1v) is 8.74. The van der Waals surface area contributed by atoms with Crippen LogP contribution in [0, 0.1) is 4.77 Å². The molecule has 0 radical (unpaired) electrons. The molecule has 3 rings (SSSR count). The first-order chi connectivity index (χ1) is 13.2. The van der Waals surface area contributed by atoms with Crippen LogP contribution in [-0.4, -0.2) is 41.9 Å². The van der Waals surface area contributed by atoms with Crippen LogP contribution in [-0.2, 0) is 0 Å². The second kappa shape index (κ2) is 8.50. The summed E-state index contributed by atoms with van der Waals surface area (Å²) in [7, 11) is 3.22. The summed E-state index contributed by atoms with van der Waals surface area (Å²) >= 11 is 5.31. The third-order valence-electron chi connectivity index (χ3n) is 3.79. The Bertz CT molecular complexity index is 1010. The van der Waals surface area contributed by atoms with E-state index in [1.54, 1.807) is 25.1 Å². The third-order valence-corrected chi connectivity index (χ3v) is 4.05. The molecule has 1 heterocycles. The van der Waals surface area contributed by atoms with Gasteiger partial charge in [0.15, 0.2) is 17.3 Å². The van der Waals surface area contributed by atoms with Gasteiger partial charge in [-0.1, -0.05) is 12.1 Å². The first kappa shape index (κ1) is 18.7. The summed E-state index contributed by atoms with van der Waals surface area (Å²) in [5, 5.41) is 11.5. The van der Waals surface area contributed by atoms with E-state index in [1.807, 2.05) is 49.4 Å². The Balaban J connectivity index is 1.94. The number of H-pyrrole nitrogens is 1. The van der Waals surface area contributed by atoms with Gasteiger partial charge in [-0.25, -0.2) is 5.10 Å². The molecule has 8 heteroatoms. The second-order valence-corrected chi connectivity index (χ2v) is 5.87. The zero-order chi connectivity index (χ0) is 19.2. The number of ether oxygens (including phenoxy) is 3. The molecule has 0 atom stereocenters. The average Bonchev–Trinajstić information content (AvgIpc) is 3.07. The largest absolute Gasteiger partial charge is 0.497 e. The van der Waals surface area contributed by atoms with Gasteiger partial charge in [0.1, 0.15) is 5.75 Å². The van der Waals surface area contributed by atoms with Crippen LogP contribution in [0.1, 0.15) is 12.5 Å². The van der Waals surface area contributed by atoms with Crippen LogP contribution < -0.4 is 14.2 Å². The van der Waals surface area contributed by atoms with E-state index in [9.17, 15) is 0 Å². The van der Waals surface area contributed by atoms with Crippen molar-refractivity contribution >= 4 is 18.4 Å². The van der Waals surface area contributed by atoms with Crippen molar-refractivity contribution in [1.82, 2.24) is 14.9 Å². The van der Waals surface area contributed by atoms with E-state index in [4.69, 9.17) is 26.4 Å². The van der Waals surface area contributed by atoms with Gasteiger partial charge in [-0.05, 0) is 55.0 Å². The van der Waals surface area contributed by atoms with Crippen LogP contribution in [0.15, 0.2) is 47.6 Å². The van der Waals surface area contributed by atoms with Gasteiger partial charge in [-0.3, -0.25) is 0 Å². The standard InChI is InChI=1S/C19H20N4O3S/c1-4-26-16-9-8-13(10-17(16)25-3)12-20-23-18(21-22-19(23)27)14-6-5-7-15(11-14)24-2/h5-12H,4H2,1-3H3,(H,22,27)/b20-12-. The number of aromatic amines is 1. The van der Waals surface area contributed by atoms with Crippen molar-refractivity contribution in [2.24, 2.45) is 5.10 Å². The zero-order valence-electron chi connectivity index (χ0n) is 15.3. The minimum atomic E-state index is 0.391. The molecule has 0 saturated carbocycles. The lowest BCUT2D eigenvalue weighted by Gasteiger charge is -2.09. The van der Waals surface area contributed by atoms with Crippen LogP contribution >= 0.6 is 12.2 Å². The van der Waals surface area contributed by atoms with Crippen molar-refractivity contribution in [2.45, 2.75) is 6.92 Å². The smallest absolute Gasteiger partial charge is 0.216 e. The Hall–Kier alpha value is -3.13. The summed E-state index contributed by atoms with van der Waals surface area (Å²) in [5.41, 5.74) is 1.68. The molecule has 0 aliphatic carbocycles. The minimum absolute atomic E-state index is 0.391. The monoisotopic (exact) mass is 384 g/mol. The predicted molar refractivity (Wildman–Crippen MR) is 107 cm³/mol. The summed E-state index contributed by atoms with van der Waals surface area (Å²) in [6.45, 7) is 2.49. The molecule has 3 aromatic rings. The van der Waals surface area contributed by atoms with Gasteiger partial charge in [0, 0.05) is 5.56 Å². The van der Waals surface area contributed by atoms with E-state index in [0.717, 1.165) is 16.9 Å². The average molecular weight is 384 g/mol. The highest BCUT2D eigenvalue weighted by molar-refractivity contribution is 7.71. The Morgan fingerprint density at radius 1 is 1.15 bits per heavy atom. The molecule has 0 aliphatic heterocycles. The molecule has 1 N–H and O–H groups in total. The number of hydrogen-bond acceptors (Lipinski definition) is 6. The van der Waals surface area contributed by atoms with Crippen molar-refractivity contribution in [2.75, 3.05) is 20.8 Å². The summed E-state index contributed by atoms with van der Waals surface area (Å²) in [6.07, 6.45) is 1.69. The van der Waals surface area contributed by atoms with Gasteiger partial charge in [0.25, 0.3) is 0 Å². The summed E-state index contributed by atoms with van der Waals surface area (Å²) in [6, 6.07) is 13.1. The normalized spacial score (nSPS) is 10.9. The predicted octanol–water partition coefficient (Wildman–Crippen LogP) is 3.91. The lowest BCUT2D eigenvalue weighted by Crippen LogP contribution is -1.98. The van der Waals surface area contributed by atoms with Gasteiger partial charge in [0.2, 0.25) is 4.77 Å². The van der Waals surface area contributed by atoms with E-state index in [1.165, 1.54) is 0 Å². The fourth-order valence-corrected chi connectivity index (χ4v) is 2.69. The van der Waals surface area contributed by atoms with Gasteiger partial charge >= 0.3 is 0 Å². The maximum atomic E-state index is 5.53. The van der Waals surface area contributed by atoms with Crippen molar-refractivity contribution < 1.29 is 14.2 Å². The van der Waals surface area contributed by atoms with Gasteiger partial charge in [0.05, 0.1) is 27.0 Å². The molecular formula is C19H20N4O3S. The van der Waals surface area contributed by atoms with Crippen LogP contribution in [0.25, 0.3) is 11.4 Å². The Kier molecular flexibility index (Phi) is 5.87. The molecule has 7 nitrogen and oxygen atoms in total. The van der Waals surface area contributed by atoms with Crippen LogP contribution in [0.4, 0.5) is 0 Å². The van der Waals surface area contributed by atoms with E-state index in [2.05, 4.69) is 15.3 Å². The van der Waals surface area contributed by atoms with E-state index in [0.29, 0.717) is 28.7 Å². The van der Waals surface area contributed by atoms with E-state index >= 15 is 0 Å². The molecule has 0 spiro atoms. The Morgan fingerprint density at radius 2 is 2.00 bits per heavy atom. The lowest BCUT2D eigenvalue weighted by molar-refractivity contribution is 0.311. The van der Waals surface area contributed by atoms with Crippen molar-refractivity contribution in [3.63, 3.8) is 0 Å². The molecule has 0 fully saturated rings. The molecule has 2 aromatic carbocycles. The van der Waals surface area contributed by atoms with Crippen molar-refractivity contribution in [1.29, 1.82) is 0 Å². The van der Waals surface area contributed by atoms with E-state index in [-0.39, 0.29) is 0 Å². The minimum Gasteiger partial charge on any atom is -0.497 e. The fraction of sp³-hybridized carbons (Fsp3) is 0.211. The van der Waals surface area contributed by atoms with Gasteiger partial charge in [-0.2, -0.15) is 14.9 Å². The van der Waals surface area contributed by atoms with Crippen molar-refractivity contribution in [3.05, 3.63) is 52.8 Å². The van der Waals surface area contributed by atoms with Gasteiger partial charge < -0.3 is 14.2 Å². The summed E-state index contributed by atoms with van der Waals surface area (Å²) in [5.74, 6) is 2.65. The highest BCUT2D eigenvalue weighted by Gasteiger charge is 2.09. The number of aromatic nitrogens is 3. The maximum Gasteiger partial charge on any atom is 0.216 e. The molecule has 0 unspecified atom stereocenters. The lowest BCUT2D eigenvalue weighted by atomic mass is 10.2. The number of benzene rings is 2. The number of methoxy groups -OCH3 is 2. The van der Waals surface area contributed by atoms with Gasteiger partial charge in [-0.15, -0.1) is 0 Å². The first-order valence-electron chi connectivity index (χ1n) is 8.33. The SMILES string of the molecule is CCOc1ccc(/C=N\n2c(-c3cccc(OC)c3)n[nH]c2=S)cc1OC. The van der Waals surface area contributed by atoms with Crippen molar-refractivity contribution in [3.8, 4) is 28.6 Å². The number of nitrogens with one attached hydrogen (secondary N) is 1. The molecule has 1 aromatic heterocycles. The Labute approximate surface area is 162 Å². The molecule has 27 heavy (non-hydrogen) atoms. The molecule has 140 valence electrons. The number of hydrogen-bond donors (Lipinski definition) is 1. The third kappa shape index (κ3) is 4.17. The summed E-state index contributed by atoms with van der Waals surface area (Å²) in [4.78, 5) is 0. The maximum absolute atomic E-state index is 5.53. The molecule has 0 aliphatic rings. The van der Waals surface area contributed by atoms with Crippen LogP contribution in [0.3, 0.4) is 0 Å².